The van der Waals surface area contributed by atoms with Crippen LogP contribution in [-0.2, 0) is 7.05 Å². The lowest BCUT2D eigenvalue weighted by molar-refractivity contribution is 0.0372. The number of nitrogens with zero attached hydrogens (tertiary/aromatic N) is 5. The van der Waals surface area contributed by atoms with E-state index in [9.17, 15) is 19.5 Å². The molecule has 0 spiro atoms. The molecular formula is C28H37N7O6. The van der Waals surface area contributed by atoms with Crippen LogP contribution in [0.4, 0.5) is 16.2 Å². The first-order valence-electron chi connectivity index (χ1n) is 13.4. The SMILES string of the molecule is Cc1cc(C(=O)Nc2cccc3c2O[C@@H](CN(C)C(=O)Nc2c(C)noc2C)[C@H](C)CN([C@H](C)CO)C3=O)n(C)n1. The van der Waals surface area contributed by atoms with Gasteiger partial charge in [-0.2, -0.15) is 5.10 Å². The number of benzene rings is 1. The van der Waals surface area contributed by atoms with Crippen molar-refractivity contribution in [3.8, 4) is 5.75 Å². The Labute approximate surface area is 238 Å². The van der Waals surface area contributed by atoms with Gasteiger partial charge in [0.05, 0.1) is 36.1 Å². The highest BCUT2D eigenvalue weighted by Crippen LogP contribution is 2.35. The summed E-state index contributed by atoms with van der Waals surface area (Å²) >= 11 is 0. The van der Waals surface area contributed by atoms with Crippen LogP contribution < -0.4 is 15.4 Å². The third kappa shape index (κ3) is 6.19. The van der Waals surface area contributed by atoms with Gasteiger partial charge in [0.25, 0.3) is 11.8 Å². The molecular weight excluding hydrogens is 530 g/mol. The molecule has 0 aliphatic carbocycles. The van der Waals surface area contributed by atoms with Gasteiger partial charge in [-0.05, 0) is 45.9 Å². The number of urea groups is 1. The number of amides is 4. The Morgan fingerprint density at radius 3 is 2.59 bits per heavy atom. The zero-order chi connectivity index (χ0) is 30.0. The largest absolute Gasteiger partial charge is 0.485 e. The van der Waals surface area contributed by atoms with Crippen molar-refractivity contribution in [2.24, 2.45) is 13.0 Å². The van der Waals surface area contributed by atoms with Gasteiger partial charge in [-0.1, -0.05) is 18.1 Å². The van der Waals surface area contributed by atoms with E-state index >= 15 is 0 Å². The summed E-state index contributed by atoms with van der Waals surface area (Å²) < 4.78 is 13.1. The van der Waals surface area contributed by atoms with E-state index in [0.717, 1.165) is 0 Å². The number of fused-ring (bicyclic) bond motifs is 1. The summed E-state index contributed by atoms with van der Waals surface area (Å²) in [4.78, 5) is 43.0. The van der Waals surface area contributed by atoms with Crippen molar-refractivity contribution in [3.05, 3.63) is 52.7 Å². The van der Waals surface area contributed by atoms with Crippen LogP contribution in [-0.4, -0.2) is 86.6 Å². The van der Waals surface area contributed by atoms with Crippen molar-refractivity contribution in [2.75, 3.05) is 37.4 Å². The molecule has 1 aliphatic heterocycles. The Morgan fingerprint density at radius 1 is 1.24 bits per heavy atom. The van der Waals surface area contributed by atoms with E-state index in [1.165, 1.54) is 9.58 Å². The first-order valence-corrected chi connectivity index (χ1v) is 13.4. The molecule has 0 bridgehead atoms. The van der Waals surface area contributed by atoms with Crippen molar-refractivity contribution in [3.63, 3.8) is 0 Å². The monoisotopic (exact) mass is 567 g/mol. The van der Waals surface area contributed by atoms with Gasteiger partial charge in [-0.25, -0.2) is 4.79 Å². The molecule has 13 nitrogen and oxygen atoms in total. The Balaban J connectivity index is 1.67. The van der Waals surface area contributed by atoms with Crippen molar-refractivity contribution >= 4 is 29.2 Å². The summed E-state index contributed by atoms with van der Waals surface area (Å²) in [5, 5.41) is 23.7. The normalized spacial score (nSPS) is 17.7. The summed E-state index contributed by atoms with van der Waals surface area (Å²) in [6.07, 6.45) is -0.576. The standard InChI is InChI=1S/C28H37N7O6/c1-15-12-35(17(3)14-36)27(38)20-9-8-10-21(29-26(37)22-11-16(2)31-34(22)7)25(20)40-23(15)13-33(6)28(39)30-24-18(4)32-41-19(24)5/h8-11,15,17,23,36H,12-14H2,1-7H3,(H,29,37)(H,30,39)/t15-,17-,23+/m1/s1. The number of hydrogen-bond acceptors (Lipinski definition) is 8. The minimum Gasteiger partial charge on any atom is -0.485 e. The smallest absolute Gasteiger partial charge is 0.321 e. The van der Waals surface area contributed by atoms with E-state index in [1.807, 2.05) is 6.92 Å². The van der Waals surface area contributed by atoms with Crippen molar-refractivity contribution in [2.45, 2.75) is 46.8 Å². The van der Waals surface area contributed by atoms with Crippen LogP contribution >= 0.6 is 0 Å². The third-order valence-corrected chi connectivity index (χ3v) is 7.24. The Kier molecular flexibility index (Phi) is 8.66. The fourth-order valence-corrected chi connectivity index (χ4v) is 4.79. The molecule has 2 aromatic heterocycles. The number of ether oxygens (including phenoxy) is 1. The number of carbonyl (C=O) groups is 3. The molecule has 13 heteroatoms. The van der Waals surface area contributed by atoms with Gasteiger partial charge in [-0.3, -0.25) is 14.3 Å². The van der Waals surface area contributed by atoms with Gasteiger partial charge in [0.15, 0.2) is 11.5 Å². The quantitative estimate of drug-likeness (QED) is 0.394. The first kappa shape index (κ1) is 29.6. The topological polar surface area (TPSA) is 155 Å². The van der Waals surface area contributed by atoms with Crippen molar-refractivity contribution in [1.29, 1.82) is 0 Å². The van der Waals surface area contributed by atoms with E-state index in [4.69, 9.17) is 9.26 Å². The van der Waals surface area contributed by atoms with Gasteiger partial charge >= 0.3 is 6.03 Å². The number of hydrogen-bond donors (Lipinski definition) is 3. The van der Waals surface area contributed by atoms with E-state index < -0.39 is 18.1 Å². The third-order valence-electron chi connectivity index (χ3n) is 7.24. The number of carbonyl (C=O) groups excluding carboxylic acids is 3. The number of likely N-dealkylation sites (N-methyl/N-ethyl adjacent to an activating group) is 1. The predicted molar refractivity (Wildman–Crippen MR) is 151 cm³/mol. The van der Waals surface area contributed by atoms with Crippen LogP contribution in [0, 0.1) is 26.7 Å². The highest BCUT2D eigenvalue weighted by atomic mass is 16.5. The average molecular weight is 568 g/mol. The van der Waals surface area contributed by atoms with Crippen LogP contribution in [0.3, 0.4) is 0 Å². The minimum atomic E-state index is -0.576. The van der Waals surface area contributed by atoms with E-state index in [2.05, 4.69) is 20.9 Å². The number of aliphatic hydroxyl groups excluding tert-OH is 1. The lowest BCUT2D eigenvalue weighted by atomic mass is 9.99. The van der Waals surface area contributed by atoms with Crippen molar-refractivity contribution < 1.29 is 28.8 Å². The molecule has 41 heavy (non-hydrogen) atoms. The molecule has 0 saturated heterocycles. The second-order valence-electron chi connectivity index (χ2n) is 10.6. The van der Waals surface area contributed by atoms with Gasteiger partial charge < -0.3 is 34.8 Å². The maximum Gasteiger partial charge on any atom is 0.321 e. The maximum atomic E-state index is 13.7. The zero-order valence-corrected chi connectivity index (χ0v) is 24.4. The second-order valence-corrected chi connectivity index (χ2v) is 10.6. The summed E-state index contributed by atoms with van der Waals surface area (Å²) in [7, 11) is 3.31. The maximum absolute atomic E-state index is 13.7. The molecule has 1 aromatic carbocycles. The molecule has 4 amide bonds. The van der Waals surface area contributed by atoms with Crippen LogP contribution in [0.25, 0.3) is 0 Å². The number of aromatic nitrogens is 3. The van der Waals surface area contributed by atoms with E-state index in [1.54, 1.807) is 71.0 Å². The fraction of sp³-hybridized carbons (Fsp3) is 0.464. The number of rotatable bonds is 7. The number of anilines is 2. The second kappa shape index (κ2) is 12.0. The van der Waals surface area contributed by atoms with Gasteiger partial charge in [0, 0.05) is 26.6 Å². The highest BCUT2D eigenvalue weighted by molar-refractivity contribution is 6.06. The lowest BCUT2D eigenvalue weighted by Crippen LogP contribution is -2.50. The van der Waals surface area contributed by atoms with Crippen LogP contribution in [0.5, 0.6) is 5.75 Å². The molecule has 0 unspecified atom stereocenters. The Hall–Kier alpha value is -4.39. The summed E-state index contributed by atoms with van der Waals surface area (Å²) in [5.41, 5.74) is 2.64. The fourth-order valence-electron chi connectivity index (χ4n) is 4.79. The van der Waals surface area contributed by atoms with Crippen LogP contribution in [0.15, 0.2) is 28.8 Å². The predicted octanol–water partition coefficient (Wildman–Crippen LogP) is 2.97. The molecule has 0 radical (unpaired) electrons. The first-order chi connectivity index (χ1) is 19.4. The lowest BCUT2D eigenvalue weighted by Gasteiger charge is -2.38. The Bertz CT molecular complexity index is 1430. The number of aryl methyl sites for hydroxylation is 4. The van der Waals surface area contributed by atoms with Crippen LogP contribution in [0.2, 0.25) is 0 Å². The molecule has 3 N–H and O–H groups in total. The molecule has 0 saturated carbocycles. The summed E-state index contributed by atoms with van der Waals surface area (Å²) in [5.74, 6) is -0.315. The summed E-state index contributed by atoms with van der Waals surface area (Å²) in [6, 6.07) is 5.75. The van der Waals surface area contributed by atoms with E-state index in [0.29, 0.717) is 34.2 Å². The number of nitrogens with one attached hydrogen (secondary N) is 2. The molecule has 3 aromatic rings. The van der Waals surface area contributed by atoms with Gasteiger partial charge in [0.1, 0.15) is 23.2 Å². The average Bonchev–Trinajstić information content (AvgIpc) is 3.44. The highest BCUT2D eigenvalue weighted by Gasteiger charge is 2.35. The zero-order valence-electron chi connectivity index (χ0n) is 24.4. The minimum absolute atomic E-state index is 0.161. The molecule has 3 atom stereocenters. The molecule has 1 aliphatic rings. The molecule has 0 fully saturated rings. The molecule has 3 heterocycles. The van der Waals surface area contributed by atoms with Crippen LogP contribution in [0.1, 0.15) is 51.8 Å². The summed E-state index contributed by atoms with van der Waals surface area (Å²) in [6.45, 7) is 9.14. The number of aliphatic hydroxyl groups is 1. The van der Waals surface area contributed by atoms with Gasteiger partial charge in [-0.15, -0.1) is 0 Å². The molecule has 4 rings (SSSR count). The van der Waals surface area contributed by atoms with E-state index in [-0.39, 0.29) is 48.9 Å². The Morgan fingerprint density at radius 2 is 1.98 bits per heavy atom. The van der Waals surface area contributed by atoms with Gasteiger partial charge in [0.2, 0.25) is 0 Å². The van der Waals surface area contributed by atoms with Crippen molar-refractivity contribution in [1.82, 2.24) is 24.7 Å². The number of para-hydroxylation sites is 1. The molecule has 220 valence electrons.